The van der Waals surface area contributed by atoms with Crippen molar-refractivity contribution in [1.82, 2.24) is 4.90 Å². The maximum absolute atomic E-state index is 12.9. The molecule has 1 spiro atoms. The number of ketones is 1. The third-order valence-corrected chi connectivity index (χ3v) is 18.4. The third-order valence-electron chi connectivity index (χ3n) is 14.0. The van der Waals surface area contributed by atoms with Gasteiger partial charge in [0.2, 0.25) is 8.32 Å². The van der Waals surface area contributed by atoms with E-state index in [-0.39, 0.29) is 16.9 Å². The first kappa shape index (κ1) is 56.6. The number of rotatable bonds is 12. The maximum atomic E-state index is 12.9. The molecule has 1 saturated heterocycles. The first-order valence-electron chi connectivity index (χ1n) is 25.6. The lowest BCUT2D eigenvalue weighted by Gasteiger charge is -2.42. The lowest BCUT2D eigenvalue weighted by Crippen LogP contribution is -2.54. The molecule has 3 atom stereocenters. The normalized spacial score (nSPS) is 18.3. The predicted octanol–water partition coefficient (Wildman–Crippen LogP) is 13.6. The van der Waals surface area contributed by atoms with Crippen LogP contribution in [0.4, 0.5) is 0 Å². The Morgan fingerprint density at radius 2 is 1.04 bits per heavy atom. The van der Waals surface area contributed by atoms with Crippen LogP contribution in [0.3, 0.4) is 0 Å². The number of hydrogen-bond donors (Lipinski definition) is 2. The molecule has 0 bridgehead atoms. The van der Waals surface area contributed by atoms with Crippen molar-refractivity contribution in [3.8, 4) is 0 Å². The van der Waals surface area contributed by atoms with E-state index in [2.05, 4.69) is 40.4 Å². The fourth-order valence-electron chi connectivity index (χ4n) is 8.96. The number of allylic oxidation sites excluding steroid dienone is 2. The lowest BCUT2D eigenvalue weighted by atomic mass is 9.72. The molecule has 2 heterocycles. The number of carbonyl (C=O) groups is 2. The van der Waals surface area contributed by atoms with Crippen molar-refractivity contribution in [3.63, 3.8) is 0 Å². The molecule has 9 nitrogen and oxygen atoms in total. The summed E-state index contributed by atoms with van der Waals surface area (Å²) in [6.45, 7) is 15.0. The van der Waals surface area contributed by atoms with Crippen LogP contribution in [0.25, 0.3) is 0 Å². The molecule has 6 aromatic carbocycles. The molecule has 2 N–H and O–H groups in total. The largest absolute Gasteiger partial charge is 0.544 e. The number of aldehydes is 1. The fraction of sp³-hybridized carbons (Fsp3) is 0.312. The van der Waals surface area contributed by atoms with Gasteiger partial charge in [0.25, 0.3) is 0 Å². The highest BCUT2D eigenvalue weighted by Crippen LogP contribution is 2.53. The molecule has 0 aromatic heterocycles. The van der Waals surface area contributed by atoms with Crippen LogP contribution >= 0.6 is 0 Å². The number of aliphatic hydroxyl groups is 2. The van der Waals surface area contributed by atoms with E-state index in [0.717, 1.165) is 55.3 Å². The molecule has 2 aliphatic heterocycles. The van der Waals surface area contributed by atoms with E-state index in [1.165, 1.54) is 12.3 Å². The number of nitrogens with zero attached hydrogens (tertiary/aromatic N) is 1. The van der Waals surface area contributed by atoms with E-state index in [9.17, 15) is 19.8 Å². The second-order valence-electron chi connectivity index (χ2n) is 20.7. The summed E-state index contributed by atoms with van der Waals surface area (Å²) in [5, 5.41) is 26.0. The van der Waals surface area contributed by atoms with E-state index >= 15 is 0 Å². The number of benzene rings is 6. The SMILES string of the molecule is C=C(/C=C/N(C)C)O[Si](C)(C)C(C)(C)C.O=C1C=CO[C@@H](c2ccccc2)C1.O=Cc1ccccc1.OC(c1ccccc1)(c1ccccc1)[C@@H]1OC2(CCCCC2)O[C@H]1C(O)(c1ccccc1)c1ccccc1. The summed E-state index contributed by atoms with van der Waals surface area (Å²) < 4.78 is 25.2. The molecular formula is C64H75NO8Si. The molecule has 10 heteroatoms. The molecule has 6 aromatic rings. The van der Waals surface area contributed by atoms with Gasteiger partial charge >= 0.3 is 0 Å². The second kappa shape index (κ2) is 26.0. The summed E-state index contributed by atoms with van der Waals surface area (Å²) in [5.74, 6) is 0.0123. The summed E-state index contributed by atoms with van der Waals surface area (Å²) in [6.07, 6.45) is 10.7. The van der Waals surface area contributed by atoms with Gasteiger partial charge in [0.1, 0.15) is 35.8 Å². The monoisotopic (exact) mass is 1010 g/mol. The minimum atomic E-state index is -1.71. The first-order valence-corrected chi connectivity index (χ1v) is 28.5. The van der Waals surface area contributed by atoms with Crippen molar-refractivity contribution in [2.45, 2.75) is 113 Å². The molecule has 1 aliphatic carbocycles. The Morgan fingerprint density at radius 3 is 1.39 bits per heavy atom. The minimum Gasteiger partial charge on any atom is -0.544 e. The Morgan fingerprint density at radius 1 is 0.649 bits per heavy atom. The minimum absolute atomic E-state index is 0.0984. The smallest absolute Gasteiger partial charge is 0.250 e. The van der Waals surface area contributed by atoms with Crippen molar-refractivity contribution < 1.29 is 38.4 Å². The summed E-state index contributed by atoms with van der Waals surface area (Å²) in [6, 6.07) is 57.4. The van der Waals surface area contributed by atoms with Crippen molar-refractivity contribution in [2.24, 2.45) is 0 Å². The summed E-state index contributed by atoms with van der Waals surface area (Å²) in [5.41, 5.74) is 1.41. The van der Waals surface area contributed by atoms with Gasteiger partial charge in [-0.2, -0.15) is 0 Å². The highest BCUT2D eigenvalue weighted by atomic mass is 28.4. The summed E-state index contributed by atoms with van der Waals surface area (Å²) in [7, 11) is 2.26. The number of carbonyl (C=O) groups excluding carboxylic acids is 2. The van der Waals surface area contributed by atoms with Gasteiger partial charge in [-0.05, 0) is 64.9 Å². The molecule has 74 heavy (non-hydrogen) atoms. The summed E-state index contributed by atoms with van der Waals surface area (Å²) in [4.78, 5) is 23.1. The van der Waals surface area contributed by atoms with E-state index in [1.807, 2.05) is 201 Å². The standard InChI is InChI=1S/C34H34O4.C12H25NOSi.C11H10O2.C7H6O/c35-33(26-16-6-1-7-17-26,27-18-8-2-9-19-27)30-31(38-32(37-30)24-14-5-15-25-32)34(36,28-20-10-3-11-21-28)29-22-12-4-13-23-29;1-11(9-10-13(5)6)14-15(7,8)12(2,3)4;12-10-6-7-13-11(8-10)9-4-2-1-3-5-9;8-6-7-4-2-1-3-5-7/h1-4,6-13,16-23,30-31,35-36H,5,14-15,24-25H2;9-10H,1H2,2-8H3;1-7,11H,8H2;1-6H/b;10-9+;;/t30-,31-;;11-;/m1.1./s1. The zero-order chi connectivity index (χ0) is 53.2. The van der Waals surface area contributed by atoms with Crippen molar-refractivity contribution >= 4 is 20.4 Å². The summed E-state index contributed by atoms with van der Waals surface area (Å²) >= 11 is 0. The van der Waals surface area contributed by atoms with Crippen molar-refractivity contribution in [1.29, 1.82) is 0 Å². The Kier molecular flexibility index (Phi) is 19.9. The Labute approximate surface area is 440 Å². The lowest BCUT2D eigenvalue weighted by molar-refractivity contribution is -0.213. The Hall–Kier alpha value is -6.66. The molecule has 2 fully saturated rings. The molecule has 9 rings (SSSR count). The highest BCUT2D eigenvalue weighted by molar-refractivity contribution is 6.74. The Balaban J connectivity index is 0.000000201. The third kappa shape index (κ3) is 14.5. The van der Waals surface area contributed by atoms with Gasteiger partial charge < -0.3 is 33.7 Å². The van der Waals surface area contributed by atoms with Gasteiger partial charge in [-0.3, -0.25) is 9.59 Å². The molecule has 0 unspecified atom stereocenters. The van der Waals surface area contributed by atoms with Gasteiger partial charge in [-0.15, -0.1) is 0 Å². The van der Waals surface area contributed by atoms with Crippen LogP contribution in [0.1, 0.15) is 104 Å². The molecular weight excluding hydrogens is 939 g/mol. The second-order valence-corrected chi connectivity index (χ2v) is 25.4. The van der Waals surface area contributed by atoms with Gasteiger partial charge in [-0.1, -0.05) is 216 Å². The van der Waals surface area contributed by atoms with Crippen LogP contribution in [0, 0.1) is 0 Å². The van der Waals surface area contributed by atoms with Crippen LogP contribution in [-0.2, 0) is 34.6 Å². The van der Waals surface area contributed by atoms with Gasteiger partial charge in [0, 0.05) is 44.8 Å². The number of ether oxygens (including phenoxy) is 3. The van der Waals surface area contributed by atoms with E-state index < -0.39 is 37.5 Å². The van der Waals surface area contributed by atoms with Crippen molar-refractivity contribution in [2.75, 3.05) is 14.1 Å². The first-order chi connectivity index (χ1) is 35.4. The van der Waals surface area contributed by atoms with Crippen LogP contribution in [0.15, 0.2) is 219 Å². The topological polar surface area (TPSA) is 115 Å². The van der Waals surface area contributed by atoms with E-state index in [4.69, 9.17) is 18.6 Å². The average molecular weight is 1010 g/mol. The number of hydrogen-bond acceptors (Lipinski definition) is 9. The van der Waals surface area contributed by atoms with Crippen LogP contribution in [0.5, 0.6) is 0 Å². The molecule has 3 aliphatic rings. The zero-order valence-electron chi connectivity index (χ0n) is 44.2. The fourth-order valence-corrected chi connectivity index (χ4v) is 9.99. The average Bonchev–Trinajstić information content (AvgIpc) is 3.81. The maximum Gasteiger partial charge on any atom is 0.250 e. The van der Waals surface area contributed by atoms with E-state index in [0.29, 0.717) is 28.7 Å². The van der Waals surface area contributed by atoms with Crippen LogP contribution < -0.4 is 0 Å². The zero-order valence-corrected chi connectivity index (χ0v) is 45.2. The predicted molar refractivity (Wildman–Crippen MR) is 298 cm³/mol. The molecule has 1 saturated carbocycles. The molecule has 388 valence electrons. The van der Waals surface area contributed by atoms with Gasteiger partial charge in [0.05, 0.1) is 18.4 Å². The molecule has 0 amide bonds. The highest BCUT2D eigenvalue weighted by Gasteiger charge is 2.63. The van der Waals surface area contributed by atoms with Gasteiger partial charge in [-0.25, -0.2) is 0 Å². The Bertz CT molecular complexity index is 2520. The molecule has 0 radical (unpaired) electrons. The van der Waals surface area contributed by atoms with Crippen molar-refractivity contribution in [3.05, 3.63) is 252 Å². The van der Waals surface area contributed by atoms with E-state index in [1.54, 1.807) is 12.1 Å². The van der Waals surface area contributed by atoms with Crippen LogP contribution in [0.2, 0.25) is 18.1 Å². The quantitative estimate of drug-likeness (QED) is 0.0535. The van der Waals surface area contributed by atoms with Crippen LogP contribution in [-0.4, -0.2) is 67.6 Å². The van der Waals surface area contributed by atoms with Gasteiger partial charge in [0.15, 0.2) is 11.6 Å².